The Labute approximate surface area is 248 Å². The van der Waals surface area contributed by atoms with Crippen LogP contribution in [0.4, 0.5) is 11.4 Å². The summed E-state index contributed by atoms with van der Waals surface area (Å²) in [5, 5.41) is 16.6. The Hall–Kier alpha value is -3.43. The molecule has 3 fully saturated rings. The number of likely N-dealkylation sites (tertiary alicyclic amines) is 1. The molecule has 0 radical (unpaired) electrons. The number of aliphatic hydroxyl groups is 1. The Kier molecular flexibility index (Phi) is 7.87. The molecule has 1 spiro atoms. The van der Waals surface area contributed by atoms with Crippen LogP contribution in [-0.4, -0.2) is 64.2 Å². The van der Waals surface area contributed by atoms with E-state index in [9.17, 15) is 19.5 Å². The third kappa shape index (κ3) is 4.57. The molecule has 2 aromatic carbocycles. The van der Waals surface area contributed by atoms with Crippen molar-refractivity contribution in [3.8, 4) is 5.75 Å². The van der Waals surface area contributed by atoms with E-state index in [1.54, 1.807) is 24.3 Å². The van der Waals surface area contributed by atoms with Crippen molar-refractivity contribution in [3.05, 3.63) is 53.6 Å². The topological polar surface area (TPSA) is 117 Å². The number of fused-ring (bicyclic) bond motifs is 1. The lowest BCUT2D eigenvalue weighted by Crippen LogP contribution is -2.57. The second kappa shape index (κ2) is 11.0. The zero-order valence-corrected chi connectivity index (χ0v) is 25.6. The van der Waals surface area contributed by atoms with Crippen LogP contribution in [0.1, 0.15) is 52.2 Å². The second-order valence-corrected chi connectivity index (χ2v) is 12.6. The second-order valence-electron chi connectivity index (χ2n) is 12.6. The number of hydrogen-bond donors (Lipinski definition) is 3. The van der Waals surface area contributed by atoms with Gasteiger partial charge in [0.1, 0.15) is 17.4 Å². The van der Waals surface area contributed by atoms with Crippen LogP contribution in [0.2, 0.25) is 0 Å². The van der Waals surface area contributed by atoms with Gasteiger partial charge in [-0.1, -0.05) is 39.0 Å². The lowest BCUT2D eigenvalue weighted by atomic mass is 9.62. The summed E-state index contributed by atoms with van der Waals surface area (Å²) in [4.78, 5) is 44.4. The average Bonchev–Trinajstić information content (AvgIpc) is 3.44. The molecule has 2 aromatic rings. The molecule has 3 amide bonds. The van der Waals surface area contributed by atoms with E-state index in [4.69, 9.17) is 9.47 Å². The Morgan fingerprint density at radius 1 is 1.10 bits per heavy atom. The van der Waals surface area contributed by atoms with Gasteiger partial charge in [-0.3, -0.25) is 14.4 Å². The number of nitrogens with zero attached hydrogens (tertiary/aromatic N) is 1. The van der Waals surface area contributed by atoms with Gasteiger partial charge < -0.3 is 30.1 Å². The predicted octanol–water partition coefficient (Wildman–Crippen LogP) is 4.31. The van der Waals surface area contributed by atoms with Crippen molar-refractivity contribution in [2.24, 2.45) is 23.7 Å². The number of hydrogen-bond acceptors (Lipinski definition) is 6. The third-order valence-electron chi connectivity index (χ3n) is 9.76. The van der Waals surface area contributed by atoms with Crippen LogP contribution >= 0.6 is 0 Å². The molecule has 0 aliphatic carbocycles. The number of carbonyl (C=O) groups is 3. The molecule has 5 rings (SSSR count). The maximum atomic E-state index is 14.5. The van der Waals surface area contributed by atoms with Crippen molar-refractivity contribution in [1.29, 1.82) is 0 Å². The minimum Gasteiger partial charge on any atom is -0.494 e. The minimum absolute atomic E-state index is 0.0975. The lowest BCUT2D eigenvalue weighted by Gasteiger charge is -2.38. The first-order valence-corrected chi connectivity index (χ1v) is 14.9. The van der Waals surface area contributed by atoms with E-state index in [1.165, 1.54) is 4.90 Å². The molecule has 9 heteroatoms. The van der Waals surface area contributed by atoms with E-state index in [0.717, 1.165) is 11.1 Å². The zero-order valence-electron chi connectivity index (χ0n) is 25.6. The summed E-state index contributed by atoms with van der Waals surface area (Å²) in [5.41, 5.74) is 0.913. The number of para-hydroxylation sites is 1. The molecule has 0 aromatic heterocycles. The van der Waals surface area contributed by atoms with Gasteiger partial charge in [0.15, 0.2) is 0 Å². The first kappa shape index (κ1) is 30.0. The highest BCUT2D eigenvalue weighted by atomic mass is 16.5. The number of amides is 3. The van der Waals surface area contributed by atoms with Crippen molar-refractivity contribution in [2.45, 2.75) is 78.2 Å². The molecule has 3 aliphatic rings. The van der Waals surface area contributed by atoms with E-state index in [-0.39, 0.29) is 36.2 Å². The maximum absolute atomic E-state index is 14.5. The van der Waals surface area contributed by atoms with Gasteiger partial charge in [-0.2, -0.15) is 0 Å². The molecule has 3 N–H and O–H groups in total. The lowest BCUT2D eigenvalue weighted by molar-refractivity contribution is -0.149. The highest BCUT2D eigenvalue weighted by Gasteiger charge is 2.80. The number of aryl methyl sites for hydroxylation is 2. The zero-order chi connectivity index (χ0) is 30.6. The smallest absolute Gasteiger partial charge is 0.250 e. The first-order valence-electron chi connectivity index (χ1n) is 14.9. The highest BCUT2D eigenvalue weighted by molar-refractivity contribution is 6.06. The number of anilines is 2. The summed E-state index contributed by atoms with van der Waals surface area (Å²) in [6.45, 7) is 13.7. The maximum Gasteiger partial charge on any atom is 0.250 e. The molecule has 7 atom stereocenters. The van der Waals surface area contributed by atoms with Crippen molar-refractivity contribution < 1.29 is 29.0 Å². The Morgan fingerprint density at radius 2 is 1.74 bits per heavy atom. The number of carbonyl (C=O) groups excluding carboxylic acids is 3. The summed E-state index contributed by atoms with van der Waals surface area (Å²) in [6.07, 6.45) is 0.449. The number of aliphatic hydroxyl groups excluding tert-OH is 1. The molecule has 3 unspecified atom stereocenters. The van der Waals surface area contributed by atoms with Gasteiger partial charge in [0.2, 0.25) is 17.7 Å². The summed E-state index contributed by atoms with van der Waals surface area (Å²) in [5.74, 6) is -2.25. The molecule has 3 saturated heterocycles. The van der Waals surface area contributed by atoms with Crippen LogP contribution in [0.25, 0.3) is 0 Å². The largest absolute Gasteiger partial charge is 0.494 e. The van der Waals surface area contributed by atoms with Gasteiger partial charge in [-0.25, -0.2) is 0 Å². The number of ether oxygens (including phenoxy) is 2. The Bertz CT molecular complexity index is 1360. The standard InChI is InChI=1S/C33H43N3O6/c1-8-41-23-14-12-22(13-15-23)34-29(38)25-26-31(40)36(24(17-37)18(2)3)28(33(26)16-21(6)32(25,7)42-33)30(39)35-27-19(4)10-9-11-20(27)5/h9-15,18,21,24-26,28,37H,8,16-17H2,1-7H3,(H,34,38)(H,35,39)/t21?,24-,25+,26-,28?,32-,33?/m0/s1. The number of nitrogens with one attached hydrogen (secondary N) is 2. The third-order valence-corrected chi connectivity index (χ3v) is 9.76. The van der Waals surface area contributed by atoms with Gasteiger partial charge in [0, 0.05) is 11.4 Å². The van der Waals surface area contributed by atoms with Crippen molar-refractivity contribution in [2.75, 3.05) is 23.8 Å². The molecular weight excluding hydrogens is 534 g/mol. The average molecular weight is 578 g/mol. The van der Waals surface area contributed by atoms with Crippen LogP contribution in [0.3, 0.4) is 0 Å². The van der Waals surface area contributed by atoms with E-state index < -0.39 is 35.1 Å². The molecule has 3 heterocycles. The summed E-state index contributed by atoms with van der Waals surface area (Å²) >= 11 is 0. The summed E-state index contributed by atoms with van der Waals surface area (Å²) in [6, 6.07) is 11.2. The fraction of sp³-hybridized carbons (Fsp3) is 0.545. The van der Waals surface area contributed by atoms with Gasteiger partial charge in [-0.05, 0) is 81.3 Å². The number of benzene rings is 2. The summed E-state index contributed by atoms with van der Waals surface area (Å²) < 4.78 is 12.3. The van der Waals surface area contributed by atoms with Crippen molar-refractivity contribution in [1.82, 2.24) is 4.90 Å². The quantitative estimate of drug-likeness (QED) is 0.409. The van der Waals surface area contributed by atoms with Crippen molar-refractivity contribution >= 4 is 29.1 Å². The fourth-order valence-electron chi connectivity index (χ4n) is 7.58. The van der Waals surface area contributed by atoms with Crippen LogP contribution in [-0.2, 0) is 19.1 Å². The Morgan fingerprint density at radius 3 is 2.31 bits per heavy atom. The van der Waals surface area contributed by atoms with E-state index in [0.29, 0.717) is 30.2 Å². The fourth-order valence-corrected chi connectivity index (χ4v) is 7.58. The predicted molar refractivity (Wildman–Crippen MR) is 160 cm³/mol. The van der Waals surface area contributed by atoms with Gasteiger partial charge in [-0.15, -0.1) is 0 Å². The molecule has 226 valence electrons. The minimum atomic E-state index is -1.21. The first-order chi connectivity index (χ1) is 19.9. The van der Waals surface area contributed by atoms with Crippen LogP contribution < -0.4 is 15.4 Å². The van der Waals surface area contributed by atoms with Gasteiger partial charge >= 0.3 is 0 Å². The van der Waals surface area contributed by atoms with E-state index in [1.807, 2.05) is 66.7 Å². The van der Waals surface area contributed by atoms with Crippen molar-refractivity contribution in [3.63, 3.8) is 0 Å². The van der Waals surface area contributed by atoms with Crippen LogP contribution in [0, 0.1) is 37.5 Å². The Balaban J connectivity index is 1.55. The van der Waals surface area contributed by atoms with Crippen LogP contribution in [0.15, 0.2) is 42.5 Å². The highest BCUT2D eigenvalue weighted by Crippen LogP contribution is 2.65. The molecule has 3 aliphatic heterocycles. The molecule has 2 bridgehead atoms. The summed E-state index contributed by atoms with van der Waals surface area (Å²) in [7, 11) is 0. The SMILES string of the molecule is CCOc1ccc(NC(=O)[C@H]2[C@H]3C(=O)N([C@@H](CO)C(C)C)C(C(=O)Nc4c(C)cccc4C)C34CC(C)[C@]2(C)O4)cc1. The molecular formula is C33H43N3O6. The van der Waals surface area contributed by atoms with E-state index in [2.05, 4.69) is 10.6 Å². The monoisotopic (exact) mass is 577 g/mol. The van der Waals surface area contributed by atoms with E-state index >= 15 is 0 Å². The normalized spacial score (nSPS) is 30.4. The number of rotatable bonds is 9. The molecule has 42 heavy (non-hydrogen) atoms. The van der Waals surface area contributed by atoms with Gasteiger partial charge in [0.05, 0.1) is 36.7 Å². The van der Waals surface area contributed by atoms with Crippen LogP contribution in [0.5, 0.6) is 5.75 Å². The molecule has 9 nitrogen and oxygen atoms in total. The van der Waals surface area contributed by atoms with Gasteiger partial charge in [0.25, 0.3) is 0 Å². The molecule has 0 saturated carbocycles.